The summed E-state index contributed by atoms with van der Waals surface area (Å²) in [7, 11) is -8.16. The average molecular weight is 584 g/mol. The average Bonchev–Trinajstić information content (AvgIpc) is 2.81. The molecule has 5 nitrogen and oxygen atoms in total. The van der Waals surface area contributed by atoms with Gasteiger partial charge in [0, 0.05) is 18.2 Å². The molecule has 1 aliphatic heterocycles. The maximum Gasteiger partial charge on any atom is 0.416 e. The standard InChI is InChI=1S/C24H24F5NO4S2.H2S/c1-2-12-30-22-9-11-23(15-16(22)10-13-35(30,31)32,20-14-18(25)5-8-21(20)26)36(33,34)19-6-3-17(4-7-19)24(27,28)29;/h2-8,14,16,22H,1,9-13,15H2;1H2/t16-,22+,23-;/m1./s1. The van der Waals surface area contributed by atoms with Gasteiger partial charge >= 0.3 is 6.18 Å². The SMILES string of the molecule is C=CCN1[C@H]2CC[C@@](c3cc(F)ccc3F)(S(=O)(=O)c3ccc(C(F)(F)F)cc3)C[C@H]2CCS1(=O)=O.S. The Kier molecular flexibility index (Phi) is 8.24. The Balaban J connectivity index is 0.00000380. The third kappa shape index (κ3) is 5.19. The van der Waals surface area contributed by atoms with E-state index in [-0.39, 0.29) is 51.5 Å². The molecule has 2 aliphatic rings. The van der Waals surface area contributed by atoms with Gasteiger partial charge in [-0.1, -0.05) is 6.08 Å². The molecule has 0 unspecified atom stereocenters. The van der Waals surface area contributed by atoms with E-state index < -0.39 is 70.4 Å². The van der Waals surface area contributed by atoms with Gasteiger partial charge in [-0.2, -0.15) is 31.0 Å². The summed E-state index contributed by atoms with van der Waals surface area (Å²) in [5.41, 5.74) is -1.46. The number of sulfonamides is 1. The van der Waals surface area contributed by atoms with Crippen LogP contribution < -0.4 is 0 Å². The first-order chi connectivity index (χ1) is 16.7. The fourth-order valence-corrected chi connectivity index (χ4v) is 9.55. The first-order valence-electron chi connectivity index (χ1n) is 11.2. The quantitative estimate of drug-likeness (QED) is 0.361. The van der Waals surface area contributed by atoms with Crippen LogP contribution in [0.15, 0.2) is 60.0 Å². The van der Waals surface area contributed by atoms with Crippen molar-refractivity contribution >= 4 is 33.4 Å². The molecule has 13 heteroatoms. The van der Waals surface area contributed by atoms with Gasteiger partial charge in [-0.15, -0.1) is 6.58 Å². The topological polar surface area (TPSA) is 71.5 Å². The van der Waals surface area contributed by atoms with Crippen molar-refractivity contribution in [3.63, 3.8) is 0 Å². The maximum atomic E-state index is 15.1. The summed E-state index contributed by atoms with van der Waals surface area (Å²) >= 11 is 0. The monoisotopic (exact) mass is 583 g/mol. The second kappa shape index (κ2) is 10.3. The van der Waals surface area contributed by atoms with Crippen LogP contribution in [0.1, 0.15) is 36.8 Å². The molecule has 204 valence electrons. The number of alkyl halides is 3. The van der Waals surface area contributed by atoms with Crippen LogP contribution in [-0.2, 0) is 30.8 Å². The van der Waals surface area contributed by atoms with Gasteiger partial charge in [0.25, 0.3) is 0 Å². The first-order valence-corrected chi connectivity index (χ1v) is 14.3. The van der Waals surface area contributed by atoms with E-state index in [4.69, 9.17) is 0 Å². The number of benzene rings is 2. The normalized spacial score (nSPS) is 26.1. The van der Waals surface area contributed by atoms with Gasteiger partial charge in [0.05, 0.1) is 16.2 Å². The Hall–Kier alpha value is -1.96. The summed E-state index contributed by atoms with van der Waals surface area (Å²) in [5.74, 6) is -2.58. The summed E-state index contributed by atoms with van der Waals surface area (Å²) in [6.45, 7) is 3.61. The highest BCUT2D eigenvalue weighted by atomic mass is 32.2. The fourth-order valence-electron chi connectivity index (χ4n) is 5.48. The van der Waals surface area contributed by atoms with Crippen molar-refractivity contribution in [3.05, 3.63) is 77.9 Å². The fraction of sp³-hybridized carbons (Fsp3) is 0.417. The molecule has 0 amide bonds. The van der Waals surface area contributed by atoms with Crippen LogP contribution in [0.25, 0.3) is 0 Å². The minimum atomic E-state index is -4.69. The number of hydrogen-bond acceptors (Lipinski definition) is 4. The molecule has 0 aromatic heterocycles. The van der Waals surface area contributed by atoms with Crippen molar-refractivity contribution in [1.82, 2.24) is 4.31 Å². The van der Waals surface area contributed by atoms with Gasteiger partial charge in [-0.3, -0.25) is 0 Å². The van der Waals surface area contributed by atoms with E-state index in [1.165, 1.54) is 10.4 Å². The Bertz CT molecular complexity index is 1380. The molecule has 37 heavy (non-hydrogen) atoms. The van der Waals surface area contributed by atoms with Crippen LogP contribution in [0.3, 0.4) is 0 Å². The molecule has 0 radical (unpaired) electrons. The lowest BCUT2D eigenvalue weighted by Gasteiger charge is -2.49. The smallest absolute Gasteiger partial charge is 0.223 e. The molecule has 1 aliphatic carbocycles. The Labute approximate surface area is 219 Å². The van der Waals surface area contributed by atoms with Gasteiger partial charge in [0.2, 0.25) is 10.0 Å². The zero-order valence-electron chi connectivity index (χ0n) is 19.5. The Morgan fingerprint density at radius 1 is 1.08 bits per heavy atom. The Morgan fingerprint density at radius 3 is 2.32 bits per heavy atom. The summed E-state index contributed by atoms with van der Waals surface area (Å²) in [4.78, 5) is -0.455. The molecule has 3 atom stereocenters. The highest BCUT2D eigenvalue weighted by molar-refractivity contribution is 7.92. The zero-order chi connectivity index (χ0) is 26.5. The second-order valence-electron chi connectivity index (χ2n) is 9.18. The number of halogens is 5. The number of fused-ring (bicyclic) bond motifs is 1. The predicted molar refractivity (Wildman–Crippen MR) is 133 cm³/mol. The maximum absolute atomic E-state index is 15.1. The summed E-state index contributed by atoms with van der Waals surface area (Å²) in [5, 5.41) is 0. The van der Waals surface area contributed by atoms with Crippen LogP contribution >= 0.6 is 13.5 Å². The molecular weight excluding hydrogens is 557 g/mol. The van der Waals surface area contributed by atoms with E-state index in [0.29, 0.717) is 12.1 Å². The Morgan fingerprint density at radius 2 is 1.73 bits per heavy atom. The molecule has 2 fully saturated rings. The van der Waals surface area contributed by atoms with Crippen LogP contribution in [0.4, 0.5) is 22.0 Å². The largest absolute Gasteiger partial charge is 0.416 e. The van der Waals surface area contributed by atoms with Gasteiger partial charge in [0.1, 0.15) is 16.4 Å². The van der Waals surface area contributed by atoms with Gasteiger partial charge in [-0.25, -0.2) is 25.6 Å². The summed E-state index contributed by atoms with van der Waals surface area (Å²) in [6.07, 6.45) is -3.58. The van der Waals surface area contributed by atoms with Crippen molar-refractivity contribution in [3.8, 4) is 0 Å². The third-order valence-electron chi connectivity index (χ3n) is 7.19. The molecule has 1 heterocycles. The van der Waals surface area contributed by atoms with Gasteiger partial charge < -0.3 is 0 Å². The van der Waals surface area contributed by atoms with Crippen molar-refractivity contribution < 1.29 is 38.8 Å². The molecule has 4 rings (SSSR count). The van der Waals surface area contributed by atoms with Crippen LogP contribution in [0, 0.1) is 17.6 Å². The van der Waals surface area contributed by atoms with Gasteiger partial charge in [0.15, 0.2) is 9.84 Å². The van der Waals surface area contributed by atoms with Crippen LogP contribution in [-0.4, -0.2) is 39.5 Å². The lowest BCUT2D eigenvalue weighted by Crippen LogP contribution is -2.56. The molecule has 2 aromatic carbocycles. The van der Waals surface area contributed by atoms with Crippen molar-refractivity contribution in [2.75, 3.05) is 12.3 Å². The van der Waals surface area contributed by atoms with Crippen molar-refractivity contribution in [1.29, 1.82) is 0 Å². The molecule has 0 bridgehead atoms. The number of nitrogens with zero attached hydrogens (tertiary/aromatic N) is 1. The van der Waals surface area contributed by atoms with E-state index in [1.807, 2.05) is 0 Å². The van der Waals surface area contributed by atoms with Crippen molar-refractivity contribution in [2.45, 2.75) is 47.5 Å². The highest BCUT2D eigenvalue weighted by Gasteiger charge is 2.55. The second-order valence-corrected chi connectivity index (χ2v) is 13.5. The minimum absolute atomic E-state index is 0. The van der Waals surface area contributed by atoms with E-state index in [9.17, 15) is 34.4 Å². The van der Waals surface area contributed by atoms with Gasteiger partial charge in [-0.05, 0) is 74.1 Å². The number of rotatable bonds is 5. The first kappa shape index (κ1) is 29.6. The van der Waals surface area contributed by atoms with E-state index in [1.54, 1.807) is 0 Å². The highest BCUT2D eigenvalue weighted by Crippen LogP contribution is 2.52. The van der Waals surface area contributed by atoms with E-state index in [0.717, 1.165) is 30.3 Å². The summed E-state index contributed by atoms with van der Waals surface area (Å²) < 4.78 is 121. The zero-order valence-corrected chi connectivity index (χ0v) is 22.1. The number of sulfone groups is 1. The molecule has 0 spiro atoms. The summed E-state index contributed by atoms with van der Waals surface area (Å²) in [6, 6.07) is 4.81. The van der Waals surface area contributed by atoms with E-state index >= 15 is 4.39 Å². The lowest BCUT2D eigenvalue weighted by molar-refractivity contribution is -0.137. The molecule has 2 aromatic rings. The van der Waals surface area contributed by atoms with E-state index in [2.05, 4.69) is 6.58 Å². The number of hydrogen-bond donors (Lipinski definition) is 0. The third-order valence-corrected chi connectivity index (χ3v) is 11.6. The molecule has 1 saturated heterocycles. The minimum Gasteiger partial charge on any atom is -0.223 e. The molecular formula is C24H26F5NO4S3. The molecule has 0 N–H and O–H groups in total. The van der Waals surface area contributed by atoms with Crippen molar-refractivity contribution in [2.24, 2.45) is 5.92 Å². The lowest BCUT2D eigenvalue weighted by atomic mass is 9.73. The van der Waals surface area contributed by atoms with Crippen LogP contribution in [0.2, 0.25) is 0 Å². The predicted octanol–water partition coefficient (Wildman–Crippen LogP) is 5.16. The van der Waals surface area contributed by atoms with Crippen LogP contribution in [0.5, 0.6) is 0 Å². The molecule has 1 saturated carbocycles.